The quantitative estimate of drug-likeness (QED) is 0.355. The molecule has 8 heteroatoms. The Morgan fingerprint density at radius 1 is 1.06 bits per heavy atom. The summed E-state index contributed by atoms with van der Waals surface area (Å²) in [6, 6.07) is 17.7. The van der Waals surface area contributed by atoms with Crippen LogP contribution in [0.4, 0.5) is 0 Å². The number of hydrogen-bond donors (Lipinski definition) is 2. The second-order valence-electron chi connectivity index (χ2n) is 7.16. The zero-order chi connectivity index (χ0) is 22.4. The molecule has 32 heavy (non-hydrogen) atoms. The van der Waals surface area contributed by atoms with Crippen LogP contribution in [-0.4, -0.2) is 32.7 Å². The number of aromatic nitrogens is 2. The number of aryl methyl sites for hydroxylation is 1. The van der Waals surface area contributed by atoms with E-state index in [1.165, 1.54) is 15.9 Å². The number of carbonyl (C=O) groups excluding carboxylic acids is 1. The highest BCUT2D eigenvalue weighted by molar-refractivity contribution is 7.20. The lowest BCUT2D eigenvalue weighted by molar-refractivity contribution is 0.101. The zero-order valence-corrected chi connectivity index (χ0v) is 18.0. The lowest BCUT2D eigenvalue weighted by atomic mass is 10.0. The van der Waals surface area contributed by atoms with Crippen LogP contribution in [0.2, 0.25) is 0 Å². The molecule has 0 aliphatic rings. The van der Waals surface area contributed by atoms with Gasteiger partial charge in [-0.25, -0.2) is 4.98 Å². The largest absolute Gasteiger partial charge is 0.503 e. The highest BCUT2D eigenvalue weighted by Gasteiger charge is 2.32. The SMILES string of the molecule is COc1ccc(-c2c(C(=O)c3ccc(C)o3)c(O)c(O)n2-c2nc3ccccc3s2)cc1. The number of para-hydroxylation sites is 1. The maximum atomic E-state index is 13.3. The van der Waals surface area contributed by atoms with Gasteiger partial charge in [0.05, 0.1) is 28.6 Å². The average Bonchev–Trinajstić information content (AvgIpc) is 3.49. The minimum atomic E-state index is -0.545. The van der Waals surface area contributed by atoms with Gasteiger partial charge < -0.3 is 19.4 Å². The molecule has 5 aromatic rings. The Labute approximate surface area is 186 Å². The summed E-state index contributed by atoms with van der Waals surface area (Å²) in [4.78, 5) is 18.0. The number of aromatic hydroxyl groups is 2. The molecule has 0 saturated heterocycles. The van der Waals surface area contributed by atoms with Gasteiger partial charge in [-0.1, -0.05) is 23.5 Å². The number of thiazole rings is 1. The number of ether oxygens (including phenoxy) is 1. The number of fused-ring (bicyclic) bond motifs is 1. The van der Waals surface area contributed by atoms with Crippen molar-refractivity contribution in [2.45, 2.75) is 6.92 Å². The number of carbonyl (C=O) groups is 1. The molecule has 7 nitrogen and oxygen atoms in total. The van der Waals surface area contributed by atoms with E-state index in [9.17, 15) is 15.0 Å². The van der Waals surface area contributed by atoms with Crippen molar-refractivity contribution in [3.05, 3.63) is 77.7 Å². The van der Waals surface area contributed by atoms with Gasteiger partial charge in [0.2, 0.25) is 11.7 Å². The zero-order valence-electron chi connectivity index (χ0n) is 17.2. The number of rotatable bonds is 5. The number of benzene rings is 2. The van der Waals surface area contributed by atoms with Gasteiger partial charge >= 0.3 is 0 Å². The van der Waals surface area contributed by atoms with Gasteiger partial charge in [0, 0.05) is 0 Å². The molecule has 0 unspecified atom stereocenters. The molecule has 0 spiro atoms. The van der Waals surface area contributed by atoms with Gasteiger partial charge in [0.1, 0.15) is 11.5 Å². The van der Waals surface area contributed by atoms with E-state index in [0.29, 0.717) is 27.9 Å². The predicted molar refractivity (Wildman–Crippen MR) is 121 cm³/mol. The van der Waals surface area contributed by atoms with Crippen molar-refractivity contribution in [3.8, 4) is 33.8 Å². The van der Waals surface area contributed by atoms with Crippen LogP contribution in [0.1, 0.15) is 21.9 Å². The maximum absolute atomic E-state index is 13.3. The molecule has 0 amide bonds. The molecule has 5 rings (SSSR count). The van der Waals surface area contributed by atoms with E-state index in [1.54, 1.807) is 50.4 Å². The topological polar surface area (TPSA) is 97.7 Å². The molecule has 0 saturated carbocycles. The van der Waals surface area contributed by atoms with Gasteiger partial charge in [-0.15, -0.1) is 0 Å². The Kier molecular flexibility index (Phi) is 4.71. The fraction of sp³-hybridized carbons (Fsp3) is 0.0833. The van der Waals surface area contributed by atoms with Crippen LogP contribution in [-0.2, 0) is 0 Å². The third kappa shape index (κ3) is 3.12. The molecule has 0 radical (unpaired) electrons. The van der Waals surface area contributed by atoms with E-state index in [0.717, 1.165) is 10.2 Å². The molecule has 3 aromatic heterocycles. The summed E-state index contributed by atoms with van der Waals surface area (Å²) in [6.07, 6.45) is 0. The minimum Gasteiger partial charge on any atom is -0.503 e. The van der Waals surface area contributed by atoms with Gasteiger partial charge in [-0.2, -0.15) is 0 Å². The van der Waals surface area contributed by atoms with E-state index >= 15 is 0 Å². The summed E-state index contributed by atoms with van der Waals surface area (Å²) < 4.78 is 13.0. The lowest BCUT2D eigenvalue weighted by Crippen LogP contribution is -2.04. The van der Waals surface area contributed by atoms with Crippen molar-refractivity contribution in [2.75, 3.05) is 7.11 Å². The van der Waals surface area contributed by atoms with Crippen LogP contribution in [0.25, 0.3) is 26.6 Å². The smallest absolute Gasteiger partial charge is 0.242 e. The van der Waals surface area contributed by atoms with Gasteiger partial charge in [-0.3, -0.25) is 9.36 Å². The first-order valence-corrected chi connectivity index (χ1v) is 10.6. The summed E-state index contributed by atoms with van der Waals surface area (Å²) >= 11 is 1.34. The number of methoxy groups -OCH3 is 1. The summed E-state index contributed by atoms with van der Waals surface area (Å²) in [7, 11) is 1.56. The third-order valence-electron chi connectivity index (χ3n) is 5.15. The monoisotopic (exact) mass is 446 g/mol. The van der Waals surface area contributed by atoms with E-state index in [2.05, 4.69) is 4.98 Å². The van der Waals surface area contributed by atoms with Crippen molar-refractivity contribution >= 4 is 27.3 Å². The number of hydrogen-bond acceptors (Lipinski definition) is 7. The molecule has 3 heterocycles. The fourth-order valence-electron chi connectivity index (χ4n) is 3.61. The van der Waals surface area contributed by atoms with Crippen molar-refractivity contribution < 1.29 is 24.2 Å². The lowest BCUT2D eigenvalue weighted by Gasteiger charge is -2.09. The molecule has 0 aliphatic carbocycles. The van der Waals surface area contributed by atoms with Crippen molar-refractivity contribution in [2.24, 2.45) is 0 Å². The standard InChI is InChI=1S/C24H18N2O5S/c1-13-7-12-17(31-13)21(27)19-20(14-8-10-15(30-2)11-9-14)26(23(29)22(19)28)24-25-16-5-3-4-6-18(16)32-24/h3-12,28-29H,1-2H3. The van der Waals surface area contributed by atoms with Gasteiger partial charge in [-0.05, 0) is 61.0 Å². The highest BCUT2D eigenvalue weighted by Crippen LogP contribution is 2.45. The Morgan fingerprint density at radius 2 is 1.81 bits per heavy atom. The molecule has 2 aromatic carbocycles. The molecule has 0 aliphatic heterocycles. The maximum Gasteiger partial charge on any atom is 0.242 e. The molecule has 0 atom stereocenters. The normalized spacial score (nSPS) is 11.2. The van der Waals surface area contributed by atoms with E-state index in [4.69, 9.17) is 9.15 Å². The predicted octanol–water partition coefficient (Wildman–Crippen LogP) is 5.31. The van der Waals surface area contributed by atoms with Crippen LogP contribution in [0, 0.1) is 6.92 Å². The summed E-state index contributed by atoms with van der Waals surface area (Å²) in [5.41, 5.74) is 1.57. The minimum absolute atomic E-state index is 0.0639. The average molecular weight is 446 g/mol. The van der Waals surface area contributed by atoms with Crippen molar-refractivity contribution in [1.82, 2.24) is 9.55 Å². The molecule has 160 valence electrons. The van der Waals surface area contributed by atoms with E-state index < -0.39 is 17.4 Å². The first-order chi connectivity index (χ1) is 15.5. The number of nitrogens with zero attached hydrogens (tertiary/aromatic N) is 2. The Hall–Kier alpha value is -4.04. The van der Waals surface area contributed by atoms with Crippen molar-refractivity contribution in [3.63, 3.8) is 0 Å². The summed E-state index contributed by atoms with van der Waals surface area (Å²) in [5, 5.41) is 22.2. The molecule has 0 fully saturated rings. The second kappa shape index (κ2) is 7.58. The van der Waals surface area contributed by atoms with Crippen LogP contribution < -0.4 is 4.74 Å². The Bertz CT molecular complexity index is 1430. The Morgan fingerprint density at radius 3 is 2.47 bits per heavy atom. The number of ketones is 1. The van der Waals surface area contributed by atoms with E-state index in [1.807, 2.05) is 24.3 Å². The Balaban J connectivity index is 1.80. The van der Waals surface area contributed by atoms with Gasteiger partial charge in [0.25, 0.3) is 0 Å². The molecule has 2 N–H and O–H groups in total. The van der Waals surface area contributed by atoms with Crippen molar-refractivity contribution in [1.29, 1.82) is 0 Å². The third-order valence-corrected chi connectivity index (χ3v) is 6.17. The van der Waals surface area contributed by atoms with Crippen LogP contribution in [0.5, 0.6) is 17.4 Å². The van der Waals surface area contributed by atoms with Crippen LogP contribution in [0.3, 0.4) is 0 Å². The van der Waals surface area contributed by atoms with Gasteiger partial charge in [0.15, 0.2) is 16.6 Å². The summed E-state index contributed by atoms with van der Waals surface area (Å²) in [6.45, 7) is 1.73. The van der Waals surface area contributed by atoms with Crippen LogP contribution >= 0.6 is 11.3 Å². The molecular formula is C24H18N2O5S. The second-order valence-corrected chi connectivity index (χ2v) is 8.17. The first kappa shape index (κ1) is 19.9. The highest BCUT2D eigenvalue weighted by atomic mass is 32.1. The first-order valence-electron chi connectivity index (χ1n) is 9.76. The molecule has 0 bridgehead atoms. The summed E-state index contributed by atoms with van der Waals surface area (Å²) in [5.74, 6) is -0.287. The fourth-order valence-corrected chi connectivity index (χ4v) is 4.58. The van der Waals surface area contributed by atoms with E-state index in [-0.39, 0.29) is 11.3 Å². The van der Waals surface area contributed by atoms with Crippen LogP contribution in [0.15, 0.2) is 65.1 Å². The molecular weight excluding hydrogens is 428 g/mol. The number of furan rings is 1.